The van der Waals surface area contributed by atoms with Gasteiger partial charge < -0.3 is 15.1 Å². The van der Waals surface area contributed by atoms with Crippen LogP contribution in [0.1, 0.15) is 30.1 Å². The summed E-state index contributed by atoms with van der Waals surface area (Å²) in [6, 6.07) is 9.10. The van der Waals surface area contributed by atoms with E-state index < -0.39 is 6.10 Å². The highest BCUT2D eigenvalue weighted by Crippen LogP contribution is 2.28. The molecule has 0 bridgehead atoms. The van der Waals surface area contributed by atoms with Gasteiger partial charge in [-0.05, 0) is 43.5 Å². The first-order valence-corrected chi connectivity index (χ1v) is 6.63. The normalized spacial score (nSPS) is 23.7. The van der Waals surface area contributed by atoms with Gasteiger partial charge in [0.25, 0.3) is 0 Å². The average molecular weight is 260 g/mol. The molecule has 1 aliphatic carbocycles. The quantitative estimate of drug-likeness (QED) is 0.837. The van der Waals surface area contributed by atoms with Gasteiger partial charge in [0, 0.05) is 13.1 Å². The third-order valence-corrected chi connectivity index (χ3v) is 3.69. The molecule has 0 saturated heterocycles. The molecule has 1 unspecified atom stereocenters. The molecule has 2 N–H and O–H groups in total. The summed E-state index contributed by atoms with van der Waals surface area (Å²) < 4.78 is 0. The summed E-state index contributed by atoms with van der Waals surface area (Å²) in [5.74, 6) is 0.549. The van der Waals surface area contributed by atoms with Crippen molar-refractivity contribution in [1.82, 2.24) is 4.90 Å². The first kappa shape index (κ1) is 14.0. The lowest BCUT2D eigenvalue weighted by atomic mass is 9.82. The van der Waals surface area contributed by atoms with E-state index >= 15 is 0 Å². The zero-order chi connectivity index (χ0) is 13.8. The molecule has 1 aromatic carbocycles. The minimum Gasteiger partial charge on any atom is -0.393 e. The van der Waals surface area contributed by atoms with Gasteiger partial charge in [0.2, 0.25) is 0 Å². The third-order valence-electron chi connectivity index (χ3n) is 3.69. The summed E-state index contributed by atoms with van der Waals surface area (Å²) in [5, 5.41) is 28.1. The molecule has 1 saturated carbocycles. The van der Waals surface area contributed by atoms with Crippen molar-refractivity contribution in [3.8, 4) is 6.07 Å². The Hall–Kier alpha value is -1.41. The molecule has 0 amide bonds. The fourth-order valence-corrected chi connectivity index (χ4v) is 2.55. The van der Waals surface area contributed by atoms with Gasteiger partial charge in [-0.3, -0.25) is 0 Å². The van der Waals surface area contributed by atoms with Crippen LogP contribution in [0.25, 0.3) is 0 Å². The van der Waals surface area contributed by atoms with Gasteiger partial charge in [-0.15, -0.1) is 0 Å². The molecular formula is C15H20N2O2. The van der Waals surface area contributed by atoms with Crippen molar-refractivity contribution in [3.63, 3.8) is 0 Å². The number of aliphatic hydroxyl groups is 2. The second-order valence-electron chi connectivity index (χ2n) is 5.46. The summed E-state index contributed by atoms with van der Waals surface area (Å²) >= 11 is 0. The van der Waals surface area contributed by atoms with E-state index in [4.69, 9.17) is 5.26 Å². The van der Waals surface area contributed by atoms with Gasteiger partial charge in [0.05, 0.1) is 23.8 Å². The van der Waals surface area contributed by atoms with Crippen molar-refractivity contribution in [2.75, 3.05) is 20.1 Å². The van der Waals surface area contributed by atoms with E-state index in [9.17, 15) is 10.2 Å². The van der Waals surface area contributed by atoms with E-state index in [0.717, 1.165) is 24.9 Å². The van der Waals surface area contributed by atoms with Crippen molar-refractivity contribution in [3.05, 3.63) is 35.4 Å². The largest absolute Gasteiger partial charge is 0.393 e. The number of nitriles is 1. The van der Waals surface area contributed by atoms with Crippen LogP contribution in [0.3, 0.4) is 0 Å². The van der Waals surface area contributed by atoms with Crippen LogP contribution >= 0.6 is 0 Å². The summed E-state index contributed by atoms with van der Waals surface area (Å²) in [7, 11) is 1.98. The van der Waals surface area contributed by atoms with Crippen molar-refractivity contribution >= 4 is 0 Å². The predicted molar refractivity (Wildman–Crippen MR) is 72.3 cm³/mol. The maximum absolute atomic E-state index is 10.1. The average Bonchev–Trinajstić information content (AvgIpc) is 2.37. The topological polar surface area (TPSA) is 67.5 Å². The van der Waals surface area contributed by atoms with E-state index in [1.54, 1.807) is 24.3 Å². The Balaban J connectivity index is 1.82. The number of nitrogens with zero attached hydrogens (tertiary/aromatic N) is 2. The molecule has 0 aliphatic heterocycles. The number of rotatable bonds is 5. The summed E-state index contributed by atoms with van der Waals surface area (Å²) in [4.78, 5) is 2.10. The lowest BCUT2D eigenvalue weighted by molar-refractivity contribution is 0.0210. The second kappa shape index (κ2) is 6.16. The number of likely N-dealkylation sites (N-methyl/N-ethyl adjacent to an activating group) is 1. The van der Waals surface area contributed by atoms with Crippen molar-refractivity contribution < 1.29 is 10.2 Å². The highest BCUT2D eigenvalue weighted by molar-refractivity contribution is 5.32. The zero-order valence-corrected chi connectivity index (χ0v) is 11.2. The summed E-state index contributed by atoms with van der Waals surface area (Å²) in [6.07, 6.45) is 1.08. The zero-order valence-electron chi connectivity index (χ0n) is 11.2. The first-order chi connectivity index (χ1) is 9.08. The minimum atomic E-state index is -0.539. The van der Waals surface area contributed by atoms with E-state index in [-0.39, 0.29) is 6.10 Å². The lowest BCUT2D eigenvalue weighted by Crippen LogP contribution is -2.38. The lowest BCUT2D eigenvalue weighted by Gasteiger charge is -2.35. The van der Waals surface area contributed by atoms with Crippen LogP contribution in [0.2, 0.25) is 0 Å². The molecule has 4 nitrogen and oxygen atoms in total. The highest BCUT2D eigenvalue weighted by Gasteiger charge is 2.28. The second-order valence-corrected chi connectivity index (χ2v) is 5.46. The Morgan fingerprint density at radius 2 is 2.00 bits per heavy atom. The molecule has 1 aliphatic rings. The fourth-order valence-electron chi connectivity index (χ4n) is 2.55. The highest BCUT2D eigenvalue weighted by atomic mass is 16.3. The summed E-state index contributed by atoms with van der Waals surface area (Å²) in [6.45, 7) is 1.48. The van der Waals surface area contributed by atoms with Gasteiger partial charge in [-0.2, -0.15) is 5.26 Å². The van der Waals surface area contributed by atoms with Crippen molar-refractivity contribution in [2.24, 2.45) is 5.92 Å². The molecule has 4 heteroatoms. The van der Waals surface area contributed by atoms with Crippen LogP contribution < -0.4 is 0 Å². The molecule has 0 heterocycles. The SMILES string of the molecule is CN(CC1CC(O)C1)CC(O)c1ccc(C#N)cc1. The predicted octanol–water partition coefficient (Wildman–Crippen LogP) is 1.29. The Bertz CT molecular complexity index is 446. The molecule has 19 heavy (non-hydrogen) atoms. The van der Waals surface area contributed by atoms with E-state index in [0.29, 0.717) is 18.0 Å². The molecular weight excluding hydrogens is 240 g/mol. The standard InChI is InChI=1S/C15H20N2O2/c1-17(9-12-6-14(18)7-12)10-15(19)13-4-2-11(8-16)3-5-13/h2-5,12,14-15,18-19H,6-7,9-10H2,1H3. The molecule has 2 rings (SSSR count). The van der Waals surface area contributed by atoms with Gasteiger partial charge in [0.1, 0.15) is 0 Å². The molecule has 1 atom stereocenters. The van der Waals surface area contributed by atoms with Crippen LogP contribution in [0.15, 0.2) is 24.3 Å². The van der Waals surface area contributed by atoms with E-state index in [1.165, 1.54) is 0 Å². The van der Waals surface area contributed by atoms with Crippen LogP contribution in [0.5, 0.6) is 0 Å². The molecule has 0 spiro atoms. The maximum Gasteiger partial charge on any atom is 0.0991 e. The Morgan fingerprint density at radius 1 is 1.37 bits per heavy atom. The van der Waals surface area contributed by atoms with Gasteiger partial charge >= 0.3 is 0 Å². The smallest absolute Gasteiger partial charge is 0.0991 e. The minimum absolute atomic E-state index is 0.123. The third kappa shape index (κ3) is 3.77. The first-order valence-electron chi connectivity index (χ1n) is 6.63. The summed E-state index contributed by atoms with van der Waals surface area (Å²) in [5.41, 5.74) is 1.44. The Labute approximate surface area is 113 Å². The number of aliphatic hydroxyl groups excluding tert-OH is 2. The van der Waals surface area contributed by atoms with E-state index in [1.807, 2.05) is 7.05 Å². The molecule has 0 aromatic heterocycles. The van der Waals surface area contributed by atoms with Crippen LogP contribution in [-0.2, 0) is 0 Å². The van der Waals surface area contributed by atoms with Crippen molar-refractivity contribution in [1.29, 1.82) is 5.26 Å². The molecule has 1 fully saturated rings. The maximum atomic E-state index is 10.1. The van der Waals surface area contributed by atoms with Crippen LogP contribution in [0.4, 0.5) is 0 Å². The Kier molecular flexibility index (Phi) is 4.54. The molecule has 102 valence electrons. The van der Waals surface area contributed by atoms with Gasteiger partial charge in [0.15, 0.2) is 0 Å². The number of benzene rings is 1. The Morgan fingerprint density at radius 3 is 2.53 bits per heavy atom. The number of hydrogen-bond acceptors (Lipinski definition) is 4. The number of hydrogen-bond donors (Lipinski definition) is 2. The molecule has 1 aromatic rings. The van der Waals surface area contributed by atoms with Crippen LogP contribution in [-0.4, -0.2) is 41.4 Å². The van der Waals surface area contributed by atoms with Gasteiger partial charge in [-0.25, -0.2) is 0 Å². The van der Waals surface area contributed by atoms with E-state index in [2.05, 4.69) is 11.0 Å². The fraction of sp³-hybridized carbons (Fsp3) is 0.533. The van der Waals surface area contributed by atoms with Crippen molar-refractivity contribution in [2.45, 2.75) is 25.0 Å². The van der Waals surface area contributed by atoms with Crippen LogP contribution in [0, 0.1) is 17.2 Å². The monoisotopic (exact) mass is 260 g/mol. The molecule has 0 radical (unpaired) electrons. The van der Waals surface area contributed by atoms with Gasteiger partial charge in [-0.1, -0.05) is 12.1 Å².